The highest BCUT2D eigenvalue weighted by Gasteiger charge is 2.38. The van der Waals surface area contributed by atoms with Gasteiger partial charge < -0.3 is 15.2 Å². The number of methoxy groups -OCH3 is 1. The van der Waals surface area contributed by atoms with Gasteiger partial charge in [-0.3, -0.25) is 0 Å². The Kier molecular flexibility index (Phi) is 3.60. The quantitative estimate of drug-likeness (QED) is 0.905. The van der Waals surface area contributed by atoms with E-state index in [1.165, 1.54) is 16.7 Å². The van der Waals surface area contributed by atoms with Gasteiger partial charge in [0.1, 0.15) is 5.75 Å². The molecule has 2 aromatic rings. The van der Waals surface area contributed by atoms with E-state index in [0.717, 1.165) is 24.3 Å². The first-order chi connectivity index (χ1) is 10.2. The lowest BCUT2D eigenvalue weighted by Crippen LogP contribution is -2.37. The molecule has 0 spiro atoms. The lowest BCUT2D eigenvalue weighted by Gasteiger charge is -2.31. The Bertz CT molecular complexity index is 653. The van der Waals surface area contributed by atoms with Gasteiger partial charge in [0.2, 0.25) is 0 Å². The van der Waals surface area contributed by atoms with Crippen LogP contribution in [0.25, 0.3) is 0 Å². The molecule has 110 valence electrons. The number of benzene rings is 2. The zero-order valence-electron chi connectivity index (χ0n) is 12.5. The molecule has 2 N–H and O–H groups in total. The largest absolute Gasteiger partial charge is 0.495 e. The number of rotatable bonds is 4. The predicted molar refractivity (Wildman–Crippen MR) is 84.9 cm³/mol. The van der Waals surface area contributed by atoms with Crippen LogP contribution < -0.4 is 10.1 Å². The van der Waals surface area contributed by atoms with Crippen molar-refractivity contribution < 1.29 is 9.84 Å². The number of aliphatic hydroxyl groups is 1. The molecule has 0 aliphatic heterocycles. The molecule has 0 saturated carbocycles. The van der Waals surface area contributed by atoms with Crippen LogP contribution in [0.3, 0.4) is 0 Å². The Balaban J connectivity index is 2.02. The molecule has 1 aliphatic rings. The smallest absolute Gasteiger partial charge is 0.141 e. The molecule has 3 rings (SSSR count). The average Bonchev–Trinajstić information content (AvgIpc) is 2.86. The van der Waals surface area contributed by atoms with E-state index >= 15 is 0 Å². The van der Waals surface area contributed by atoms with Crippen molar-refractivity contribution in [2.45, 2.75) is 25.3 Å². The Labute approximate surface area is 125 Å². The first-order valence-electron chi connectivity index (χ1n) is 7.30. The van der Waals surface area contributed by atoms with Gasteiger partial charge >= 0.3 is 0 Å². The molecule has 0 fully saturated rings. The van der Waals surface area contributed by atoms with E-state index in [1.54, 1.807) is 7.11 Å². The van der Waals surface area contributed by atoms with Gasteiger partial charge in [-0.2, -0.15) is 0 Å². The van der Waals surface area contributed by atoms with E-state index in [9.17, 15) is 5.11 Å². The standard InChI is InChI=1S/C18H21NO2/c1-13-7-8-14-9-10-18(12-20,15(14)11-13)19-16-5-3-4-6-17(16)21-2/h3-8,11,19-20H,9-10,12H2,1-2H3. The fraction of sp³-hybridized carbons (Fsp3) is 0.333. The summed E-state index contributed by atoms with van der Waals surface area (Å²) in [5, 5.41) is 13.6. The normalized spacial score (nSPS) is 20.1. The van der Waals surface area contributed by atoms with Crippen molar-refractivity contribution in [2.75, 3.05) is 19.0 Å². The van der Waals surface area contributed by atoms with Gasteiger partial charge in [-0.25, -0.2) is 0 Å². The summed E-state index contributed by atoms with van der Waals surface area (Å²) < 4.78 is 5.41. The third-order valence-corrected chi connectivity index (χ3v) is 4.35. The summed E-state index contributed by atoms with van der Waals surface area (Å²) in [6.07, 6.45) is 1.87. The van der Waals surface area contributed by atoms with Crippen LogP contribution in [-0.2, 0) is 12.0 Å². The second-order valence-electron chi connectivity index (χ2n) is 5.73. The van der Waals surface area contributed by atoms with Gasteiger partial charge in [-0.15, -0.1) is 0 Å². The summed E-state index contributed by atoms with van der Waals surface area (Å²) >= 11 is 0. The van der Waals surface area contributed by atoms with E-state index in [-0.39, 0.29) is 6.61 Å². The number of ether oxygens (including phenoxy) is 1. The molecule has 0 aromatic heterocycles. The highest BCUT2D eigenvalue weighted by molar-refractivity contribution is 5.60. The van der Waals surface area contributed by atoms with E-state index in [0.29, 0.717) is 0 Å². The predicted octanol–water partition coefficient (Wildman–Crippen LogP) is 3.25. The minimum Gasteiger partial charge on any atom is -0.495 e. The van der Waals surface area contributed by atoms with Crippen LogP contribution in [0.5, 0.6) is 5.75 Å². The van der Waals surface area contributed by atoms with Crippen LogP contribution in [0.2, 0.25) is 0 Å². The monoisotopic (exact) mass is 283 g/mol. The Morgan fingerprint density at radius 2 is 2.05 bits per heavy atom. The number of hydrogen-bond donors (Lipinski definition) is 2. The summed E-state index contributed by atoms with van der Waals surface area (Å²) in [7, 11) is 1.67. The fourth-order valence-corrected chi connectivity index (χ4v) is 3.18. The van der Waals surface area contributed by atoms with Crippen LogP contribution in [0.1, 0.15) is 23.1 Å². The summed E-state index contributed by atoms with van der Waals surface area (Å²) in [6, 6.07) is 14.3. The second kappa shape index (κ2) is 5.41. The molecule has 2 aromatic carbocycles. The maximum atomic E-state index is 10.1. The third-order valence-electron chi connectivity index (χ3n) is 4.35. The Morgan fingerprint density at radius 3 is 2.81 bits per heavy atom. The molecule has 3 nitrogen and oxygen atoms in total. The first kappa shape index (κ1) is 14.0. The molecule has 0 radical (unpaired) electrons. The summed E-state index contributed by atoms with van der Waals surface area (Å²) in [5.41, 5.74) is 4.24. The number of nitrogens with one attached hydrogen (secondary N) is 1. The molecule has 0 saturated heterocycles. The number of fused-ring (bicyclic) bond motifs is 1. The van der Waals surface area contributed by atoms with E-state index in [4.69, 9.17) is 4.74 Å². The van der Waals surface area contributed by atoms with Crippen LogP contribution in [0.4, 0.5) is 5.69 Å². The lowest BCUT2D eigenvalue weighted by molar-refractivity contribution is 0.211. The van der Waals surface area contributed by atoms with Crippen molar-refractivity contribution >= 4 is 5.69 Å². The van der Waals surface area contributed by atoms with E-state index < -0.39 is 5.54 Å². The SMILES string of the molecule is COc1ccccc1NC1(CO)CCc2ccc(C)cc21. The fourth-order valence-electron chi connectivity index (χ4n) is 3.18. The van der Waals surface area contributed by atoms with Crippen LogP contribution in [-0.4, -0.2) is 18.8 Å². The minimum absolute atomic E-state index is 0.0709. The molecule has 21 heavy (non-hydrogen) atoms. The number of para-hydroxylation sites is 2. The number of hydrogen-bond acceptors (Lipinski definition) is 3. The van der Waals surface area contributed by atoms with Gasteiger partial charge in [0.15, 0.2) is 0 Å². The summed E-state index contributed by atoms with van der Waals surface area (Å²) in [6.45, 7) is 2.16. The van der Waals surface area contributed by atoms with Crippen LogP contribution in [0, 0.1) is 6.92 Å². The van der Waals surface area contributed by atoms with Gasteiger partial charge in [0, 0.05) is 0 Å². The van der Waals surface area contributed by atoms with Crippen LogP contribution >= 0.6 is 0 Å². The first-order valence-corrected chi connectivity index (χ1v) is 7.30. The lowest BCUT2D eigenvalue weighted by atomic mass is 9.91. The highest BCUT2D eigenvalue weighted by Crippen LogP contribution is 2.41. The average molecular weight is 283 g/mol. The van der Waals surface area contributed by atoms with Gasteiger partial charge in [0.25, 0.3) is 0 Å². The molecule has 3 heteroatoms. The van der Waals surface area contributed by atoms with E-state index in [2.05, 4.69) is 30.4 Å². The van der Waals surface area contributed by atoms with Gasteiger partial charge in [-0.1, -0.05) is 35.9 Å². The Morgan fingerprint density at radius 1 is 1.24 bits per heavy atom. The maximum Gasteiger partial charge on any atom is 0.141 e. The number of aliphatic hydroxyl groups excluding tert-OH is 1. The van der Waals surface area contributed by atoms with Gasteiger partial charge in [-0.05, 0) is 43.0 Å². The van der Waals surface area contributed by atoms with Crippen molar-refractivity contribution in [3.63, 3.8) is 0 Å². The number of aryl methyl sites for hydroxylation is 2. The van der Waals surface area contributed by atoms with Crippen molar-refractivity contribution in [2.24, 2.45) is 0 Å². The number of anilines is 1. The topological polar surface area (TPSA) is 41.5 Å². The van der Waals surface area contributed by atoms with Crippen molar-refractivity contribution in [3.8, 4) is 5.75 Å². The maximum absolute atomic E-state index is 10.1. The molecule has 0 bridgehead atoms. The van der Waals surface area contributed by atoms with Crippen LogP contribution in [0.15, 0.2) is 42.5 Å². The molecular formula is C18H21NO2. The molecule has 0 amide bonds. The van der Waals surface area contributed by atoms with Crippen molar-refractivity contribution in [3.05, 3.63) is 59.2 Å². The van der Waals surface area contributed by atoms with E-state index in [1.807, 2.05) is 24.3 Å². The van der Waals surface area contributed by atoms with Crippen molar-refractivity contribution in [1.29, 1.82) is 0 Å². The summed E-state index contributed by atoms with van der Waals surface area (Å²) in [5.74, 6) is 0.798. The van der Waals surface area contributed by atoms with Gasteiger partial charge in [0.05, 0.1) is 24.9 Å². The zero-order chi connectivity index (χ0) is 14.9. The molecular weight excluding hydrogens is 262 g/mol. The Hall–Kier alpha value is -2.00. The van der Waals surface area contributed by atoms with Crippen molar-refractivity contribution in [1.82, 2.24) is 0 Å². The molecule has 1 aliphatic carbocycles. The minimum atomic E-state index is -0.421. The highest BCUT2D eigenvalue weighted by atomic mass is 16.5. The third kappa shape index (κ3) is 2.38. The molecule has 1 unspecified atom stereocenters. The molecule has 1 atom stereocenters. The molecule has 0 heterocycles. The zero-order valence-corrected chi connectivity index (χ0v) is 12.5. The summed E-state index contributed by atoms with van der Waals surface area (Å²) in [4.78, 5) is 0. The second-order valence-corrected chi connectivity index (χ2v) is 5.73.